The number of aromatic nitrogens is 1. The van der Waals surface area contributed by atoms with Gasteiger partial charge in [0.1, 0.15) is 0 Å². The fourth-order valence-electron chi connectivity index (χ4n) is 0.892. The van der Waals surface area contributed by atoms with Crippen molar-refractivity contribution in [1.29, 1.82) is 0 Å². The fraction of sp³-hybridized carbons (Fsp3) is 0.286. The average molecular weight is 212 g/mol. The minimum Gasteiger partial charge on any atom is -0.390 e. The molecule has 0 unspecified atom stereocenters. The Morgan fingerprint density at radius 3 is 2.62 bits per heavy atom. The van der Waals surface area contributed by atoms with Crippen molar-refractivity contribution in [1.82, 2.24) is 4.98 Å². The summed E-state index contributed by atoms with van der Waals surface area (Å²) in [7, 11) is 0. The molecule has 0 radical (unpaired) electrons. The third-order valence-electron chi connectivity index (χ3n) is 1.42. The van der Waals surface area contributed by atoms with Gasteiger partial charge in [0.2, 0.25) is 5.95 Å². The third-order valence-corrected chi connectivity index (χ3v) is 1.74. The summed E-state index contributed by atoms with van der Waals surface area (Å²) in [4.78, 5) is 3.09. The molecule has 0 spiro atoms. The molecule has 0 aliphatic carbocycles. The summed E-state index contributed by atoms with van der Waals surface area (Å²) in [5.41, 5.74) is -1.05. The molecule has 6 heteroatoms. The first-order valence-electron chi connectivity index (χ1n) is 3.30. The second-order valence-corrected chi connectivity index (χ2v) is 2.65. The van der Waals surface area contributed by atoms with Gasteiger partial charge < -0.3 is 5.11 Å². The fourth-order valence-corrected chi connectivity index (χ4v) is 1.17. The monoisotopic (exact) mass is 211 g/mol. The number of rotatable bonds is 2. The van der Waals surface area contributed by atoms with Crippen molar-refractivity contribution >= 4 is 11.6 Å². The first-order valence-corrected chi connectivity index (χ1v) is 3.68. The molecule has 1 N–H and O–H groups in total. The number of aliphatic hydroxyl groups is 1. The molecule has 0 saturated carbocycles. The van der Waals surface area contributed by atoms with Crippen LogP contribution in [0.4, 0.5) is 13.2 Å². The summed E-state index contributed by atoms with van der Waals surface area (Å²) in [6.07, 6.45) is -2.87. The van der Waals surface area contributed by atoms with Gasteiger partial charge >= 0.3 is 0 Å². The van der Waals surface area contributed by atoms with Crippen LogP contribution < -0.4 is 0 Å². The van der Waals surface area contributed by atoms with E-state index in [2.05, 4.69) is 4.98 Å². The molecule has 0 bridgehead atoms. The van der Waals surface area contributed by atoms with Crippen molar-refractivity contribution < 1.29 is 18.3 Å². The second kappa shape index (κ2) is 3.93. The third kappa shape index (κ3) is 2.10. The van der Waals surface area contributed by atoms with E-state index in [-0.39, 0.29) is 0 Å². The maximum atomic E-state index is 12.5. The molecule has 0 aromatic carbocycles. The molecule has 0 aliphatic rings. The molecule has 1 aromatic rings. The van der Waals surface area contributed by atoms with Crippen molar-refractivity contribution in [3.05, 3.63) is 28.3 Å². The van der Waals surface area contributed by atoms with E-state index >= 15 is 0 Å². The number of nitrogens with zero attached hydrogens (tertiary/aromatic N) is 1. The summed E-state index contributed by atoms with van der Waals surface area (Å²) in [6, 6.07) is 0.683. The van der Waals surface area contributed by atoms with E-state index in [9.17, 15) is 13.2 Å². The first kappa shape index (κ1) is 10.3. The zero-order valence-electron chi connectivity index (χ0n) is 6.27. The topological polar surface area (TPSA) is 33.1 Å². The van der Waals surface area contributed by atoms with Gasteiger partial charge in [0.25, 0.3) is 6.43 Å². The predicted molar refractivity (Wildman–Crippen MR) is 40.1 cm³/mol. The zero-order chi connectivity index (χ0) is 10.0. The number of hydrogen-bond acceptors (Lipinski definition) is 2. The van der Waals surface area contributed by atoms with Gasteiger partial charge in [-0.1, -0.05) is 11.6 Å². The quantitative estimate of drug-likeness (QED) is 0.762. The van der Waals surface area contributed by atoms with Gasteiger partial charge in [-0.3, -0.25) is 0 Å². The van der Waals surface area contributed by atoms with Crippen molar-refractivity contribution in [2.45, 2.75) is 13.0 Å². The first-order chi connectivity index (χ1) is 6.06. The molecule has 1 rings (SSSR count). The maximum absolute atomic E-state index is 12.5. The van der Waals surface area contributed by atoms with Crippen LogP contribution in [0.15, 0.2) is 6.07 Å². The van der Waals surface area contributed by atoms with Crippen LogP contribution in [0.3, 0.4) is 0 Å². The highest BCUT2D eigenvalue weighted by molar-refractivity contribution is 6.31. The van der Waals surface area contributed by atoms with Gasteiger partial charge in [-0.05, 0) is 0 Å². The molecule has 72 valence electrons. The van der Waals surface area contributed by atoms with E-state index in [4.69, 9.17) is 16.7 Å². The Hall–Kier alpha value is -0.810. The van der Waals surface area contributed by atoms with Crippen molar-refractivity contribution in [3.63, 3.8) is 0 Å². The minimum atomic E-state index is -2.87. The van der Waals surface area contributed by atoms with E-state index < -0.39 is 35.3 Å². The Balaban J connectivity index is 3.30. The molecule has 0 aliphatic heterocycles. The number of pyridine rings is 1. The van der Waals surface area contributed by atoms with E-state index in [1.165, 1.54) is 0 Å². The van der Waals surface area contributed by atoms with Crippen LogP contribution in [-0.2, 0) is 6.61 Å². The van der Waals surface area contributed by atoms with Crippen molar-refractivity contribution in [2.24, 2.45) is 0 Å². The SMILES string of the molecule is OCc1nc(F)cc(Cl)c1C(F)F. The van der Waals surface area contributed by atoms with Gasteiger partial charge in [0.05, 0.1) is 22.9 Å². The zero-order valence-corrected chi connectivity index (χ0v) is 7.02. The number of hydrogen-bond donors (Lipinski definition) is 1. The number of aliphatic hydroxyl groups excluding tert-OH is 1. The van der Waals surface area contributed by atoms with Crippen LogP contribution in [0.5, 0.6) is 0 Å². The average Bonchev–Trinajstić information content (AvgIpc) is 2.01. The molecule has 0 amide bonds. The van der Waals surface area contributed by atoms with Gasteiger partial charge in [0, 0.05) is 6.07 Å². The summed E-state index contributed by atoms with van der Waals surface area (Å²) in [6.45, 7) is -0.767. The van der Waals surface area contributed by atoms with Gasteiger partial charge in [-0.2, -0.15) is 4.39 Å². The molecular weight excluding hydrogens is 207 g/mol. The largest absolute Gasteiger partial charge is 0.390 e. The van der Waals surface area contributed by atoms with Crippen LogP contribution in [0.2, 0.25) is 5.02 Å². The molecule has 13 heavy (non-hydrogen) atoms. The highest BCUT2D eigenvalue weighted by Gasteiger charge is 2.19. The van der Waals surface area contributed by atoms with Crippen molar-refractivity contribution in [3.8, 4) is 0 Å². The highest BCUT2D eigenvalue weighted by atomic mass is 35.5. The normalized spacial score (nSPS) is 10.9. The van der Waals surface area contributed by atoms with Crippen LogP contribution in [0.1, 0.15) is 17.7 Å². The van der Waals surface area contributed by atoms with Gasteiger partial charge in [-0.15, -0.1) is 0 Å². The lowest BCUT2D eigenvalue weighted by Gasteiger charge is -2.07. The Labute approximate surface area is 77.0 Å². The van der Waals surface area contributed by atoms with E-state index in [1.807, 2.05) is 0 Å². The Morgan fingerprint density at radius 1 is 1.54 bits per heavy atom. The summed E-state index contributed by atoms with van der Waals surface area (Å²) in [5, 5.41) is 8.17. The molecule has 0 atom stereocenters. The molecule has 1 heterocycles. The van der Waals surface area contributed by atoms with Crippen LogP contribution in [0.25, 0.3) is 0 Å². The molecule has 2 nitrogen and oxygen atoms in total. The standard InChI is InChI=1S/C7H5ClF3NO/c8-3-1-5(9)12-4(2-13)6(3)7(10)11/h1,7,13H,2H2. The second-order valence-electron chi connectivity index (χ2n) is 2.25. The minimum absolute atomic E-state index is 0.424. The predicted octanol–water partition coefficient (Wildman–Crippen LogP) is 2.30. The van der Waals surface area contributed by atoms with Gasteiger partial charge in [0.15, 0.2) is 0 Å². The van der Waals surface area contributed by atoms with Gasteiger partial charge in [-0.25, -0.2) is 13.8 Å². The lowest BCUT2D eigenvalue weighted by Crippen LogP contribution is -2.01. The number of halogens is 4. The molecule has 0 saturated heterocycles. The Bertz CT molecular complexity index is 319. The maximum Gasteiger partial charge on any atom is 0.267 e. The highest BCUT2D eigenvalue weighted by Crippen LogP contribution is 2.29. The molecule has 1 aromatic heterocycles. The van der Waals surface area contributed by atoms with E-state index in [0.29, 0.717) is 6.07 Å². The molecular formula is C7H5ClF3NO. The number of alkyl halides is 2. The van der Waals surface area contributed by atoms with Crippen LogP contribution >= 0.6 is 11.6 Å². The Morgan fingerprint density at radius 2 is 2.15 bits per heavy atom. The lowest BCUT2D eigenvalue weighted by atomic mass is 10.2. The lowest BCUT2D eigenvalue weighted by molar-refractivity contribution is 0.146. The molecule has 0 fully saturated rings. The van der Waals surface area contributed by atoms with Crippen LogP contribution in [-0.4, -0.2) is 10.1 Å². The Kier molecular flexibility index (Phi) is 3.11. The van der Waals surface area contributed by atoms with E-state index in [1.54, 1.807) is 0 Å². The summed E-state index contributed by atoms with van der Waals surface area (Å²) >= 11 is 5.34. The van der Waals surface area contributed by atoms with E-state index in [0.717, 1.165) is 0 Å². The summed E-state index contributed by atoms with van der Waals surface area (Å²) in [5.74, 6) is -0.988. The van der Waals surface area contributed by atoms with Crippen molar-refractivity contribution in [2.75, 3.05) is 0 Å². The summed E-state index contributed by atoms with van der Waals surface area (Å²) < 4.78 is 37.0. The smallest absolute Gasteiger partial charge is 0.267 e. The van der Waals surface area contributed by atoms with Crippen LogP contribution in [0, 0.1) is 5.95 Å².